The number of rotatable bonds is 2. The predicted octanol–water partition coefficient (Wildman–Crippen LogP) is -1.06. The maximum Gasteiger partial charge on any atom is 0.229 e. The smallest absolute Gasteiger partial charge is 0.229 e. The normalized spacial score (nSPS) is 37.2. The van der Waals surface area contributed by atoms with Crippen molar-refractivity contribution in [2.75, 3.05) is 26.3 Å². The van der Waals surface area contributed by atoms with Crippen molar-refractivity contribution in [2.45, 2.75) is 24.5 Å². The minimum absolute atomic E-state index is 0.0512. The van der Waals surface area contributed by atoms with E-state index in [1.54, 1.807) is 4.90 Å². The maximum atomic E-state index is 12.0. The van der Waals surface area contributed by atoms with Gasteiger partial charge in [-0.05, 0) is 18.8 Å². The van der Waals surface area contributed by atoms with Crippen molar-refractivity contribution in [3.8, 4) is 0 Å². The molecule has 3 aliphatic rings. The Hall–Kier alpha value is -0.650. The lowest BCUT2D eigenvalue weighted by atomic mass is 9.87. The molecule has 0 aromatic heterocycles. The third kappa shape index (κ3) is 1.54. The van der Waals surface area contributed by atoms with Crippen LogP contribution in [-0.4, -0.2) is 53.9 Å². The number of β-amino-alcohol motifs (C(OH)–C–C–N with tert-alkyl or cyclic N) is 1. The van der Waals surface area contributed by atoms with Gasteiger partial charge in [0.2, 0.25) is 5.91 Å². The summed E-state index contributed by atoms with van der Waals surface area (Å²) in [6, 6.07) is -0.179. The Morgan fingerprint density at radius 2 is 2.06 bits per heavy atom. The van der Waals surface area contributed by atoms with E-state index < -0.39 is 5.60 Å². The second-order valence-electron chi connectivity index (χ2n) is 5.38. The van der Waals surface area contributed by atoms with Gasteiger partial charge in [-0.2, -0.15) is 0 Å². The Bertz CT molecular complexity index is 310. The lowest BCUT2D eigenvalue weighted by Gasteiger charge is -2.48. The van der Waals surface area contributed by atoms with Crippen LogP contribution in [0.3, 0.4) is 0 Å². The van der Waals surface area contributed by atoms with Crippen LogP contribution in [0.25, 0.3) is 0 Å². The standard InChI is InChI=1S/C11H18N2O3/c12-9-4-16-3-8(9)10(14)13-5-11(15,6-13)7-1-2-7/h7-9,15H,1-6,12H2. The van der Waals surface area contributed by atoms with Crippen LogP contribution in [0.1, 0.15) is 12.8 Å². The lowest BCUT2D eigenvalue weighted by Crippen LogP contribution is -2.66. The molecule has 1 amide bonds. The largest absolute Gasteiger partial charge is 0.386 e. The number of carbonyl (C=O) groups is 1. The molecule has 3 N–H and O–H groups in total. The van der Waals surface area contributed by atoms with E-state index in [9.17, 15) is 9.90 Å². The summed E-state index contributed by atoms with van der Waals surface area (Å²) < 4.78 is 5.19. The van der Waals surface area contributed by atoms with Gasteiger partial charge in [-0.15, -0.1) is 0 Å². The molecule has 0 aromatic rings. The van der Waals surface area contributed by atoms with Gasteiger partial charge in [-0.25, -0.2) is 0 Å². The molecule has 90 valence electrons. The molecule has 16 heavy (non-hydrogen) atoms. The molecule has 3 fully saturated rings. The summed E-state index contributed by atoms with van der Waals surface area (Å²) in [6.45, 7) is 1.87. The van der Waals surface area contributed by atoms with Gasteiger partial charge >= 0.3 is 0 Å². The minimum Gasteiger partial charge on any atom is -0.386 e. The van der Waals surface area contributed by atoms with E-state index in [-0.39, 0.29) is 17.9 Å². The summed E-state index contributed by atoms with van der Waals surface area (Å²) >= 11 is 0. The Morgan fingerprint density at radius 1 is 1.38 bits per heavy atom. The molecule has 3 rings (SSSR count). The van der Waals surface area contributed by atoms with Gasteiger partial charge in [0, 0.05) is 6.04 Å². The zero-order valence-corrected chi connectivity index (χ0v) is 9.26. The second kappa shape index (κ2) is 3.42. The first-order chi connectivity index (χ1) is 7.60. The first kappa shape index (κ1) is 10.5. The highest BCUT2D eigenvalue weighted by Gasteiger charge is 2.54. The van der Waals surface area contributed by atoms with Crippen molar-refractivity contribution in [1.29, 1.82) is 0 Å². The monoisotopic (exact) mass is 226 g/mol. The topological polar surface area (TPSA) is 75.8 Å². The van der Waals surface area contributed by atoms with Crippen LogP contribution in [0.2, 0.25) is 0 Å². The Morgan fingerprint density at radius 3 is 2.56 bits per heavy atom. The Labute approximate surface area is 94.5 Å². The maximum absolute atomic E-state index is 12.0. The summed E-state index contributed by atoms with van der Waals surface area (Å²) in [6.07, 6.45) is 2.20. The van der Waals surface area contributed by atoms with Gasteiger partial charge < -0.3 is 20.5 Å². The molecule has 0 radical (unpaired) electrons. The summed E-state index contributed by atoms with van der Waals surface area (Å²) in [7, 11) is 0. The van der Waals surface area contributed by atoms with Gasteiger partial charge in [0.05, 0.1) is 32.2 Å². The first-order valence-electron chi connectivity index (χ1n) is 5.95. The van der Waals surface area contributed by atoms with E-state index in [0.717, 1.165) is 12.8 Å². The van der Waals surface area contributed by atoms with Crippen molar-refractivity contribution in [2.24, 2.45) is 17.6 Å². The third-order valence-corrected chi connectivity index (χ3v) is 4.02. The molecule has 2 aliphatic heterocycles. The van der Waals surface area contributed by atoms with Crippen LogP contribution >= 0.6 is 0 Å². The molecule has 2 heterocycles. The average Bonchev–Trinajstić information content (AvgIpc) is 2.97. The highest BCUT2D eigenvalue weighted by atomic mass is 16.5. The summed E-state index contributed by atoms with van der Waals surface area (Å²) in [5.74, 6) is 0.268. The van der Waals surface area contributed by atoms with Crippen molar-refractivity contribution in [3.63, 3.8) is 0 Å². The fraction of sp³-hybridized carbons (Fsp3) is 0.909. The third-order valence-electron chi connectivity index (χ3n) is 4.02. The first-order valence-corrected chi connectivity index (χ1v) is 5.95. The Kier molecular flexibility index (Phi) is 2.24. The van der Waals surface area contributed by atoms with E-state index >= 15 is 0 Å². The van der Waals surface area contributed by atoms with Crippen LogP contribution in [0.4, 0.5) is 0 Å². The molecule has 5 nitrogen and oxygen atoms in total. The molecule has 0 spiro atoms. The molecule has 2 atom stereocenters. The van der Waals surface area contributed by atoms with E-state index in [2.05, 4.69) is 0 Å². The van der Waals surface area contributed by atoms with Crippen molar-refractivity contribution in [3.05, 3.63) is 0 Å². The summed E-state index contributed by atoms with van der Waals surface area (Å²) in [4.78, 5) is 13.7. The van der Waals surface area contributed by atoms with E-state index in [4.69, 9.17) is 10.5 Å². The van der Waals surface area contributed by atoms with E-state index in [1.807, 2.05) is 0 Å². The Balaban J connectivity index is 1.57. The molecule has 1 aliphatic carbocycles. The quantitative estimate of drug-likeness (QED) is 0.629. The molecule has 0 bridgehead atoms. The number of hydrogen-bond acceptors (Lipinski definition) is 4. The van der Waals surface area contributed by atoms with Gasteiger partial charge in [0.1, 0.15) is 5.60 Å². The number of hydrogen-bond donors (Lipinski definition) is 2. The van der Waals surface area contributed by atoms with Crippen molar-refractivity contribution >= 4 is 5.91 Å². The highest BCUT2D eigenvalue weighted by Crippen LogP contribution is 2.44. The molecular formula is C11H18N2O3. The number of ether oxygens (including phenoxy) is 1. The zero-order chi connectivity index (χ0) is 11.3. The van der Waals surface area contributed by atoms with Gasteiger partial charge in [-0.3, -0.25) is 4.79 Å². The molecule has 0 aromatic carbocycles. The van der Waals surface area contributed by atoms with E-state index in [1.165, 1.54) is 0 Å². The predicted molar refractivity (Wildman–Crippen MR) is 56.5 cm³/mol. The van der Waals surface area contributed by atoms with Crippen molar-refractivity contribution < 1.29 is 14.6 Å². The fourth-order valence-corrected chi connectivity index (χ4v) is 2.71. The molecular weight excluding hydrogens is 208 g/mol. The number of carbonyl (C=O) groups excluding carboxylic acids is 1. The van der Waals surface area contributed by atoms with Gasteiger partial charge in [-0.1, -0.05) is 0 Å². The number of nitrogens with two attached hydrogens (primary N) is 1. The number of aliphatic hydroxyl groups is 1. The summed E-state index contributed by atoms with van der Waals surface area (Å²) in [5, 5.41) is 10.1. The van der Waals surface area contributed by atoms with Crippen molar-refractivity contribution in [1.82, 2.24) is 4.90 Å². The molecule has 1 saturated carbocycles. The highest BCUT2D eigenvalue weighted by molar-refractivity contribution is 5.81. The molecule has 5 heteroatoms. The number of likely N-dealkylation sites (tertiary alicyclic amines) is 1. The van der Waals surface area contributed by atoms with Crippen LogP contribution in [-0.2, 0) is 9.53 Å². The average molecular weight is 226 g/mol. The second-order valence-corrected chi connectivity index (χ2v) is 5.38. The SMILES string of the molecule is NC1COCC1C(=O)N1CC(O)(C2CC2)C1. The zero-order valence-electron chi connectivity index (χ0n) is 9.26. The van der Waals surface area contributed by atoms with Gasteiger partial charge in [0.25, 0.3) is 0 Å². The van der Waals surface area contributed by atoms with Gasteiger partial charge in [0.15, 0.2) is 0 Å². The van der Waals surface area contributed by atoms with Crippen LogP contribution in [0.15, 0.2) is 0 Å². The number of nitrogens with zero attached hydrogens (tertiary/aromatic N) is 1. The van der Waals surface area contributed by atoms with Crippen LogP contribution in [0.5, 0.6) is 0 Å². The lowest BCUT2D eigenvalue weighted by molar-refractivity contribution is -0.163. The minimum atomic E-state index is -0.598. The number of amides is 1. The fourth-order valence-electron chi connectivity index (χ4n) is 2.71. The molecule has 2 unspecified atom stereocenters. The van der Waals surface area contributed by atoms with E-state index in [0.29, 0.717) is 32.2 Å². The van der Waals surface area contributed by atoms with Crippen LogP contribution < -0.4 is 5.73 Å². The molecule has 2 saturated heterocycles. The summed E-state index contributed by atoms with van der Waals surface area (Å²) in [5.41, 5.74) is 5.20. The van der Waals surface area contributed by atoms with Crippen LogP contribution in [0, 0.1) is 11.8 Å².